The first kappa shape index (κ1) is 16.1. The summed E-state index contributed by atoms with van der Waals surface area (Å²) in [4.78, 5) is 22.2. The smallest absolute Gasteiger partial charge is 0.270 e. The molecule has 0 aliphatic heterocycles. The molecule has 7 heteroatoms. The molecule has 0 atom stereocenters. The van der Waals surface area contributed by atoms with Crippen LogP contribution in [0.1, 0.15) is 5.56 Å². The van der Waals surface area contributed by atoms with Crippen molar-refractivity contribution < 1.29 is 9.72 Å². The average Bonchev–Trinajstić information content (AvgIpc) is 3.09. The van der Waals surface area contributed by atoms with Gasteiger partial charge in [0.1, 0.15) is 0 Å². The topological polar surface area (TPSA) is 90.1 Å². The number of hydrogen-bond donors (Lipinski definition) is 1. The molecule has 0 aliphatic rings. The third-order valence-electron chi connectivity index (χ3n) is 3.38. The number of carbonyl (C=O) groups excluding carboxylic acids is 1. The summed E-state index contributed by atoms with van der Waals surface area (Å²) in [6.07, 6.45) is 6.09. The Morgan fingerprint density at radius 2 is 1.96 bits per heavy atom. The van der Waals surface area contributed by atoms with Crippen LogP contribution >= 0.6 is 0 Å². The SMILES string of the molecule is O=C(C=Cc1cccc([N+](=O)[O-])c1)Nc1cnn(-c2ccccc2)c1. The van der Waals surface area contributed by atoms with Gasteiger partial charge in [0.05, 0.1) is 28.7 Å². The average molecular weight is 334 g/mol. The Morgan fingerprint density at radius 1 is 1.16 bits per heavy atom. The summed E-state index contributed by atoms with van der Waals surface area (Å²) in [5.74, 6) is -0.348. The minimum absolute atomic E-state index is 0.0216. The van der Waals surface area contributed by atoms with E-state index in [4.69, 9.17) is 0 Å². The number of non-ortho nitro benzene ring substituents is 1. The van der Waals surface area contributed by atoms with Gasteiger partial charge in [-0.1, -0.05) is 30.3 Å². The molecule has 0 saturated carbocycles. The van der Waals surface area contributed by atoms with Gasteiger partial charge in [0, 0.05) is 18.2 Å². The van der Waals surface area contributed by atoms with Crippen molar-refractivity contribution in [1.82, 2.24) is 9.78 Å². The minimum atomic E-state index is -0.477. The number of benzene rings is 2. The second kappa shape index (κ2) is 7.22. The first-order valence-corrected chi connectivity index (χ1v) is 7.45. The molecule has 1 N–H and O–H groups in total. The maximum absolute atomic E-state index is 12.0. The molecule has 3 aromatic rings. The predicted octanol–water partition coefficient (Wildman–Crippen LogP) is 3.43. The van der Waals surface area contributed by atoms with Crippen molar-refractivity contribution in [3.63, 3.8) is 0 Å². The van der Waals surface area contributed by atoms with Gasteiger partial charge in [0.2, 0.25) is 5.91 Å². The third-order valence-corrected chi connectivity index (χ3v) is 3.38. The summed E-state index contributed by atoms with van der Waals surface area (Å²) in [5.41, 5.74) is 1.99. The van der Waals surface area contributed by atoms with Gasteiger partial charge in [-0.05, 0) is 23.8 Å². The number of rotatable bonds is 5. The molecule has 0 saturated heterocycles. The van der Waals surface area contributed by atoms with Crippen LogP contribution in [0, 0.1) is 10.1 Å². The summed E-state index contributed by atoms with van der Waals surface area (Å²) in [6, 6.07) is 15.6. The molecule has 25 heavy (non-hydrogen) atoms. The van der Waals surface area contributed by atoms with Crippen LogP contribution in [0.4, 0.5) is 11.4 Å². The van der Waals surface area contributed by atoms with E-state index in [2.05, 4.69) is 10.4 Å². The fourth-order valence-corrected chi connectivity index (χ4v) is 2.21. The second-order valence-corrected chi connectivity index (χ2v) is 5.18. The van der Waals surface area contributed by atoms with Gasteiger partial charge in [-0.3, -0.25) is 14.9 Å². The van der Waals surface area contributed by atoms with Crippen LogP contribution in [0.15, 0.2) is 73.1 Å². The highest BCUT2D eigenvalue weighted by molar-refractivity contribution is 6.01. The van der Waals surface area contributed by atoms with Crippen LogP contribution in [0.2, 0.25) is 0 Å². The van der Waals surface area contributed by atoms with E-state index in [9.17, 15) is 14.9 Å². The van der Waals surface area contributed by atoms with Crippen molar-refractivity contribution in [3.8, 4) is 5.69 Å². The van der Waals surface area contributed by atoms with E-state index in [1.54, 1.807) is 29.2 Å². The summed E-state index contributed by atoms with van der Waals surface area (Å²) in [7, 11) is 0. The molecule has 1 amide bonds. The maximum atomic E-state index is 12.0. The molecule has 0 radical (unpaired) electrons. The molecule has 1 heterocycles. The number of nitro benzene ring substituents is 1. The standard InChI is InChI=1S/C18H14N4O3/c23-18(10-9-14-5-4-8-17(11-14)22(24)25)20-15-12-19-21(13-15)16-6-2-1-3-7-16/h1-13H,(H,20,23). The molecule has 0 aliphatic carbocycles. The molecule has 0 fully saturated rings. The van der Waals surface area contributed by atoms with Crippen molar-refractivity contribution in [2.75, 3.05) is 5.32 Å². The largest absolute Gasteiger partial charge is 0.320 e. The zero-order valence-electron chi connectivity index (χ0n) is 13.1. The molecule has 0 unspecified atom stereocenters. The fourth-order valence-electron chi connectivity index (χ4n) is 2.21. The zero-order chi connectivity index (χ0) is 17.6. The van der Waals surface area contributed by atoms with E-state index in [0.29, 0.717) is 11.3 Å². The number of nitrogens with one attached hydrogen (secondary N) is 1. The Balaban J connectivity index is 1.66. The van der Waals surface area contributed by atoms with E-state index < -0.39 is 4.92 Å². The van der Waals surface area contributed by atoms with Crippen LogP contribution in [0.25, 0.3) is 11.8 Å². The van der Waals surface area contributed by atoms with Gasteiger partial charge < -0.3 is 5.32 Å². The summed E-state index contributed by atoms with van der Waals surface area (Å²) >= 11 is 0. The minimum Gasteiger partial charge on any atom is -0.320 e. The van der Waals surface area contributed by atoms with Crippen LogP contribution in [0.3, 0.4) is 0 Å². The van der Waals surface area contributed by atoms with Crippen LogP contribution < -0.4 is 5.32 Å². The molecule has 0 spiro atoms. The van der Waals surface area contributed by atoms with Gasteiger partial charge in [0.25, 0.3) is 5.69 Å². The lowest BCUT2D eigenvalue weighted by atomic mass is 10.2. The monoisotopic (exact) mass is 334 g/mol. The number of aromatic nitrogens is 2. The van der Waals surface area contributed by atoms with Gasteiger partial charge in [-0.2, -0.15) is 5.10 Å². The van der Waals surface area contributed by atoms with E-state index in [1.807, 2.05) is 30.3 Å². The molecular weight excluding hydrogens is 320 g/mol. The highest BCUT2D eigenvalue weighted by atomic mass is 16.6. The lowest BCUT2D eigenvalue weighted by Gasteiger charge is -1.99. The van der Waals surface area contributed by atoms with Crippen molar-refractivity contribution >= 4 is 23.4 Å². The molecule has 2 aromatic carbocycles. The fraction of sp³-hybridized carbons (Fsp3) is 0. The lowest BCUT2D eigenvalue weighted by Crippen LogP contribution is -2.06. The number of amides is 1. The Kier molecular flexibility index (Phi) is 4.66. The van der Waals surface area contributed by atoms with Crippen LogP contribution in [0.5, 0.6) is 0 Å². The van der Waals surface area contributed by atoms with Gasteiger partial charge in [-0.25, -0.2) is 4.68 Å². The lowest BCUT2D eigenvalue weighted by molar-refractivity contribution is -0.384. The molecule has 0 bridgehead atoms. The molecule has 7 nitrogen and oxygen atoms in total. The number of hydrogen-bond acceptors (Lipinski definition) is 4. The predicted molar refractivity (Wildman–Crippen MR) is 94.3 cm³/mol. The van der Waals surface area contributed by atoms with Crippen LogP contribution in [-0.2, 0) is 4.79 Å². The molecule has 1 aromatic heterocycles. The highest BCUT2D eigenvalue weighted by Gasteiger charge is 2.05. The third kappa shape index (κ3) is 4.17. The Bertz CT molecular complexity index is 932. The number of anilines is 1. The van der Waals surface area contributed by atoms with E-state index in [-0.39, 0.29) is 11.6 Å². The molecule has 3 rings (SSSR count). The van der Waals surface area contributed by atoms with E-state index in [1.165, 1.54) is 24.3 Å². The molecule has 124 valence electrons. The second-order valence-electron chi connectivity index (χ2n) is 5.18. The first-order chi connectivity index (χ1) is 12.1. The van der Waals surface area contributed by atoms with Gasteiger partial charge in [-0.15, -0.1) is 0 Å². The van der Waals surface area contributed by atoms with E-state index >= 15 is 0 Å². The summed E-state index contributed by atoms with van der Waals surface area (Å²) in [6.45, 7) is 0. The molecular formula is C18H14N4O3. The zero-order valence-corrected chi connectivity index (χ0v) is 13.1. The number of nitro groups is 1. The summed E-state index contributed by atoms with van der Waals surface area (Å²) < 4.78 is 1.65. The normalized spacial score (nSPS) is 10.7. The Hall–Kier alpha value is -3.74. The maximum Gasteiger partial charge on any atom is 0.270 e. The first-order valence-electron chi connectivity index (χ1n) is 7.45. The highest BCUT2D eigenvalue weighted by Crippen LogP contribution is 2.15. The van der Waals surface area contributed by atoms with Crippen molar-refractivity contribution in [3.05, 3.63) is 88.7 Å². The number of para-hydroxylation sites is 1. The Morgan fingerprint density at radius 3 is 2.72 bits per heavy atom. The van der Waals surface area contributed by atoms with Crippen LogP contribution in [-0.4, -0.2) is 20.6 Å². The Labute approximate surface area is 143 Å². The van der Waals surface area contributed by atoms with Gasteiger partial charge >= 0.3 is 0 Å². The number of nitrogens with zero attached hydrogens (tertiary/aromatic N) is 3. The summed E-state index contributed by atoms with van der Waals surface area (Å²) in [5, 5.41) is 17.6. The number of carbonyl (C=O) groups is 1. The quantitative estimate of drug-likeness (QED) is 0.440. The van der Waals surface area contributed by atoms with E-state index in [0.717, 1.165) is 5.69 Å². The van der Waals surface area contributed by atoms with Crippen molar-refractivity contribution in [2.45, 2.75) is 0 Å². The van der Waals surface area contributed by atoms with Crippen molar-refractivity contribution in [2.24, 2.45) is 0 Å². The van der Waals surface area contributed by atoms with Crippen molar-refractivity contribution in [1.29, 1.82) is 0 Å². The van der Waals surface area contributed by atoms with Gasteiger partial charge in [0.15, 0.2) is 0 Å².